The van der Waals surface area contributed by atoms with Crippen molar-refractivity contribution in [1.82, 2.24) is 9.80 Å². The molecule has 2 aliphatic heterocycles. The summed E-state index contributed by atoms with van der Waals surface area (Å²) in [6.07, 6.45) is 3.73. The van der Waals surface area contributed by atoms with Gasteiger partial charge in [-0.05, 0) is 65.0 Å². The minimum absolute atomic E-state index is 0.144. The largest absolute Gasteiger partial charge is 0.444 e. The fourth-order valence-corrected chi connectivity index (χ4v) is 3.28. The van der Waals surface area contributed by atoms with Crippen molar-refractivity contribution >= 4 is 6.09 Å². The fraction of sp³-hybridized carbons (Fsp3) is 0.938. The van der Waals surface area contributed by atoms with Crippen LogP contribution in [0.25, 0.3) is 0 Å². The summed E-state index contributed by atoms with van der Waals surface area (Å²) in [5.41, 5.74) is -0.384. The van der Waals surface area contributed by atoms with Gasteiger partial charge in [0.1, 0.15) is 5.60 Å². The second kappa shape index (κ2) is 6.33. The normalized spacial score (nSPS) is 25.4. The Morgan fingerprint density at radius 2 is 1.90 bits per heavy atom. The van der Waals surface area contributed by atoms with E-state index in [4.69, 9.17) is 4.74 Å². The molecule has 0 radical (unpaired) electrons. The first-order valence-electron chi connectivity index (χ1n) is 8.09. The van der Waals surface area contributed by atoms with Crippen LogP contribution in [-0.2, 0) is 4.74 Å². The Labute approximate surface area is 123 Å². The highest BCUT2D eigenvalue weighted by Crippen LogP contribution is 2.31. The van der Waals surface area contributed by atoms with Gasteiger partial charge in [0.25, 0.3) is 0 Å². The minimum Gasteiger partial charge on any atom is -0.444 e. The Morgan fingerprint density at radius 1 is 1.20 bits per heavy atom. The molecule has 1 atom stereocenters. The molecule has 20 heavy (non-hydrogen) atoms. The van der Waals surface area contributed by atoms with Gasteiger partial charge in [-0.15, -0.1) is 0 Å². The van der Waals surface area contributed by atoms with Gasteiger partial charge in [-0.25, -0.2) is 4.79 Å². The van der Waals surface area contributed by atoms with Crippen LogP contribution < -0.4 is 0 Å². The molecule has 2 saturated heterocycles. The van der Waals surface area contributed by atoms with Crippen molar-refractivity contribution < 1.29 is 9.53 Å². The smallest absolute Gasteiger partial charge is 0.410 e. The Hall–Kier alpha value is -0.770. The van der Waals surface area contributed by atoms with E-state index < -0.39 is 0 Å². The predicted octanol–water partition coefficient (Wildman–Crippen LogP) is 2.98. The number of ether oxygens (including phenoxy) is 1. The SMILES string of the molecule is CCCN1CCCC(C2CN(C(=O)OC(C)(C)C)C2)C1. The third-order valence-corrected chi connectivity index (χ3v) is 4.31. The van der Waals surface area contributed by atoms with Crippen LogP contribution in [0.15, 0.2) is 0 Å². The molecule has 4 heteroatoms. The summed E-state index contributed by atoms with van der Waals surface area (Å²) in [5, 5.41) is 0. The van der Waals surface area contributed by atoms with E-state index in [1.54, 1.807) is 0 Å². The summed E-state index contributed by atoms with van der Waals surface area (Å²) < 4.78 is 5.41. The Kier molecular flexibility index (Phi) is 4.95. The van der Waals surface area contributed by atoms with E-state index in [1.807, 2.05) is 25.7 Å². The molecule has 1 unspecified atom stereocenters. The molecular weight excluding hydrogens is 252 g/mol. The van der Waals surface area contributed by atoms with Crippen LogP contribution in [0, 0.1) is 11.8 Å². The van der Waals surface area contributed by atoms with Gasteiger partial charge in [-0.3, -0.25) is 0 Å². The first-order valence-corrected chi connectivity index (χ1v) is 8.09. The highest BCUT2D eigenvalue weighted by atomic mass is 16.6. The van der Waals surface area contributed by atoms with Crippen molar-refractivity contribution in [3.8, 4) is 0 Å². The van der Waals surface area contributed by atoms with Gasteiger partial charge in [0, 0.05) is 19.6 Å². The van der Waals surface area contributed by atoms with Gasteiger partial charge in [0.2, 0.25) is 0 Å². The number of likely N-dealkylation sites (tertiary alicyclic amines) is 2. The predicted molar refractivity (Wildman–Crippen MR) is 80.8 cm³/mol. The first-order chi connectivity index (χ1) is 9.39. The lowest BCUT2D eigenvalue weighted by Gasteiger charge is -2.46. The van der Waals surface area contributed by atoms with Crippen LogP contribution >= 0.6 is 0 Å². The minimum atomic E-state index is -0.384. The third kappa shape index (κ3) is 4.11. The number of amides is 1. The summed E-state index contributed by atoms with van der Waals surface area (Å²) in [6, 6.07) is 0. The van der Waals surface area contributed by atoms with E-state index in [0.29, 0.717) is 5.92 Å². The Balaban J connectivity index is 1.74. The quantitative estimate of drug-likeness (QED) is 0.798. The molecule has 1 amide bonds. The van der Waals surface area contributed by atoms with Gasteiger partial charge in [0.05, 0.1) is 0 Å². The summed E-state index contributed by atoms with van der Waals surface area (Å²) in [5.74, 6) is 1.45. The zero-order valence-corrected chi connectivity index (χ0v) is 13.5. The van der Waals surface area contributed by atoms with Gasteiger partial charge in [-0.1, -0.05) is 6.92 Å². The van der Waals surface area contributed by atoms with Gasteiger partial charge in [0.15, 0.2) is 0 Å². The summed E-state index contributed by atoms with van der Waals surface area (Å²) in [6.45, 7) is 13.5. The molecule has 0 N–H and O–H groups in total. The lowest BCUT2D eigenvalue weighted by molar-refractivity contribution is -0.0195. The van der Waals surface area contributed by atoms with Gasteiger partial charge >= 0.3 is 6.09 Å². The second-order valence-electron chi connectivity index (χ2n) is 7.35. The Bertz CT molecular complexity index is 330. The molecule has 0 aromatic carbocycles. The number of hydrogen-bond donors (Lipinski definition) is 0. The van der Waals surface area contributed by atoms with Crippen molar-refractivity contribution in [2.24, 2.45) is 11.8 Å². The molecule has 0 aliphatic carbocycles. The number of rotatable bonds is 3. The number of piperidine rings is 1. The zero-order valence-electron chi connectivity index (χ0n) is 13.5. The van der Waals surface area contributed by atoms with E-state index >= 15 is 0 Å². The number of nitrogens with zero attached hydrogens (tertiary/aromatic N) is 2. The van der Waals surface area contributed by atoms with Crippen LogP contribution in [-0.4, -0.2) is 54.2 Å². The molecule has 2 aliphatic rings. The molecule has 0 bridgehead atoms. The van der Waals surface area contributed by atoms with Crippen molar-refractivity contribution in [2.75, 3.05) is 32.7 Å². The van der Waals surface area contributed by atoms with E-state index in [9.17, 15) is 4.79 Å². The molecule has 2 rings (SSSR count). The third-order valence-electron chi connectivity index (χ3n) is 4.31. The lowest BCUT2D eigenvalue weighted by atomic mass is 9.81. The van der Waals surface area contributed by atoms with Crippen LogP contribution in [0.1, 0.15) is 47.0 Å². The van der Waals surface area contributed by atoms with Crippen LogP contribution in [0.5, 0.6) is 0 Å². The maximum absolute atomic E-state index is 11.9. The van der Waals surface area contributed by atoms with E-state index in [1.165, 1.54) is 38.9 Å². The fourth-order valence-electron chi connectivity index (χ4n) is 3.28. The number of carbonyl (C=O) groups is 1. The monoisotopic (exact) mass is 282 g/mol. The molecule has 2 heterocycles. The molecule has 0 spiro atoms. The molecular formula is C16H30N2O2. The van der Waals surface area contributed by atoms with E-state index in [0.717, 1.165) is 19.0 Å². The highest BCUT2D eigenvalue weighted by Gasteiger charge is 2.39. The summed E-state index contributed by atoms with van der Waals surface area (Å²) >= 11 is 0. The zero-order chi connectivity index (χ0) is 14.8. The number of hydrogen-bond acceptors (Lipinski definition) is 3. The van der Waals surface area contributed by atoms with Crippen LogP contribution in [0.2, 0.25) is 0 Å². The summed E-state index contributed by atoms with van der Waals surface area (Å²) in [4.78, 5) is 16.4. The molecule has 116 valence electrons. The molecule has 0 aromatic rings. The molecule has 0 saturated carbocycles. The van der Waals surface area contributed by atoms with Gasteiger partial charge in [-0.2, -0.15) is 0 Å². The van der Waals surface area contributed by atoms with Crippen molar-refractivity contribution in [3.63, 3.8) is 0 Å². The highest BCUT2D eigenvalue weighted by molar-refractivity contribution is 5.69. The van der Waals surface area contributed by atoms with E-state index in [2.05, 4.69) is 11.8 Å². The molecule has 4 nitrogen and oxygen atoms in total. The molecule has 2 fully saturated rings. The van der Waals surface area contributed by atoms with Crippen molar-refractivity contribution in [1.29, 1.82) is 0 Å². The standard InChI is InChI=1S/C16H30N2O2/c1-5-8-17-9-6-7-13(10-17)14-11-18(12-14)15(19)20-16(2,3)4/h13-14H,5-12H2,1-4H3. The molecule has 0 aromatic heterocycles. The Morgan fingerprint density at radius 3 is 2.50 bits per heavy atom. The van der Waals surface area contributed by atoms with Gasteiger partial charge < -0.3 is 14.5 Å². The van der Waals surface area contributed by atoms with Crippen LogP contribution in [0.4, 0.5) is 4.79 Å². The maximum atomic E-state index is 11.9. The number of carbonyl (C=O) groups excluding carboxylic acids is 1. The maximum Gasteiger partial charge on any atom is 0.410 e. The van der Waals surface area contributed by atoms with E-state index in [-0.39, 0.29) is 11.7 Å². The summed E-state index contributed by atoms with van der Waals surface area (Å²) in [7, 11) is 0. The average molecular weight is 282 g/mol. The van der Waals surface area contributed by atoms with Crippen molar-refractivity contribution in [3.05, 3.63) is 0 Å². The topological polar surface area (TPSA) is 32.8 Å². The average Bonchev–Trinajstić information content (AvgIpc) is 2.25. The lowest BCUT2D eigenvalue weighted by Crippen LogP contribution is -2.56. The van der Waals surface area contributed by atoms with Crippen molar-refractivity contribution in [2.45, 2.75) is 52.6 Å². The van der Waals surface area contributed by atoms with Crippen LogP contribution in [0.3, 0.4) is 0 Å². The second-order valence-corrected chi connectivity index (χ2v) is 7.35. The first kappa shape index (κ1) is 15.6.